The molecule has 0 saturated heterocycles. The van der Waals surface area contributed by atoms with Gasteiger partial charge >= 0.3 is 0 Å². The van der Waals surface area contributed by atoms with Gasteiger partial charge in [-0.05, 0) is 35.9 Å². The first-order valence-electron chi connectivity index (χ1n) is 6.20. The topological polar surface area (TPSA) is 50.7 Å². The van der Waals surface area contributed by atoms with Gasteiger partial charge < -0.3 is 4.74 Å². The standard InChI is InChI=1S/C15H11Cl2FN2O2/c16-11-4-5-14(13(17)7-11)22-9-15(21)20-19-8-10-2-1-3-12(18)6-10/h1-8H,9H2,(H,20,21). The van der Waals surface area contributed by atoms with E-state index in [9.17, 15) is 9.18 Å². The van der Waals surface area contributed by atoms with E-state index >= 15 is 0 Å². The van der Waals surface area contributed by atoms with Crippen LogP contribution < -0.4 is 10.2 Å². The van der Waals surface area contributed by atoms with Crippen LogP contribution in [0.15, 0.2) is 47.6 Å². The van der Waals surface area contributed by atoms with E-state index in [4.69, 9.17) is 27.9 Å². The van der Waals surface area contributed by atoms with Gasteiger partial charge in [0.25, 0.3) is 5.91 Å². The van der Waals surface area contributed by atoms with Crippen LogP contribution in [0.5, 0.6) is 5.75 Å². The number of hydrogen-bond acceptors (Lipinski definition) is 3. The average molecular weight is 341 g/mol. The molecular weight excluding hydrogens is 330 g/mol. The molecule has 0 aliphatic carbocycles. The lowest BCUT2D eigenvalue weighted by atomic mass is 10.2. The molecule has 0 radical (unpaired) electrons. The summed E-state index contributed by atoms with van der Waals surface area (Å²) in [6.45, 7) is -0.262. The van der Waals surface area contributed by atoms with Crippen molar-refractivity contribution in [2.24, 2.45) is 5.10 Å². The first-order chi connectivity index (χ1) is 10.5. The zero-order valence-electron chi connectivity index (χ0n) is 11.2. The summed E-state index contributed by atoms with van der Waals surface area (Å²) >= 11 is 11.7. The second kappa shape index (κ2) is 7.77. The van der Waals surface area contributed by atoms with Crippen LogP contribution in [0.1, 0.15) is 5.56 Å². The molecule has 114 valence electrons. The molecule has 0 aliphatic rings. The summed E-state index contributed by atoms with van der Waals surface area (Å²) in [5.41, 5.74) is 2.80. The van der Waals surface area contributed by atoms with Gasteiger partial charge in [-0.1, -0.05) is 35.3 Å². The Morgan fingerprint density at radius 1 is 1.27 bits per heavy atom. The Bertz CT molecular complexity index is 708. The highest BCUT2D eigenvalue weighted by molar-refractivity contribution is 6.35. The van der Waals surface area contributed by atoms with E-state index in [0.29, 0.717) is 21.4 Å². The Morgan fingerprint density at radius 2 is 2.09 bits per heavy atom. The Morgan fingerprint density at radius 3 is 2.82 bits per heavy atom. The van der Waals surface area contributed by atoms with E-state index < -0.39 is 5.91 Å². The van der Waals surface area contributed by atoms with Crippen molar-refractivity contribution in [2.75, 3.05) is 6.61 Å². The number of carbonyl (C=O) groups excluding carboxylic acids is 1. The zero-order chi connectivity index (χ0) is 15.9. The van der Waals surface area contributed by atoms with Crippen LogP contribution in [0.4, 0.5) is 4.39 Å². The molecule has 0 atom stereocenters. The molecule has 2 rings (SSSR count). The summed E-state index contributed by atoms with van der Waals surface area (Å²) in [6, 6.07) is 10.5. The molecule has 2 aromatic carbocycles. The second-order valence-corrected chi connectivity index (χ2v) is 5.06. The lowest BCUT2D eigenvalue weighted by molar-refractivity contribution is -0.123. The van der Waals surface area contributed by atoms with Crippen molar-refractivity contribution in [2.45, 2.75) is 0 Å². The van der Waals surface area contributed by atoms with Gasteiger partial charge in [0.15, 0.2) is 6.61 Å². The molecule has 7 heteroatoms. The third kappa shape index (κ3) is 5.02. The van der Waals surface area contributed by atoms with Crippen LogP contribution in [0.3, 0.4) is 0 Å². The highest BCUT2D eigenvalue weighted by atomic mass is 35.5. The van der Waals surface area contributed by atoms with Gasteiger partial charge in [-0.15, -0.1) is 0 Å². The Balaban J connectivity index is 1.83. The summed E-state index contributed by atoms with van der Waals surface area (Å²) in [5, 5.41) is 4.49. The van der Waals surface area contributed by atoms with Crippen LogP contribution in [0.25, 0.3) is 0 Å². The van der Waals surface area contributed by atoms with Crippen molar-refractivity contribution in [1.82, 2.24) is 5.43 Å². The van der Waals surface area contributed by atoms with Crippen molar-refractivity contribution in [3.05, 3.63) is 63.9 Å². The van der Waals surface area contributed by atoms with Crippen LogP contribution >= 0.6 is 23.2 Å². The summed E-state index contributed by atoms with van der Waals surface area (Å²) in [6.07, 6.45) is 1.33. The van der Waals surface area contributed by atoms with E-state index in [0.717, 1.165) is 0 Å². The molecule has 0 heterocycles. The number of carbonyl (C=O) groups is 1. The van der Waals surface area contributed by atoms with Crippen molar-refractivity contribution in [3.8, 4) is 5.75 Å². The van der Waals surface area contributed by atoms with E-state index in [1.165, 1.54) is 24.4 Å². The fraction of sp³-hybridized carbons (Fsp3) is 0.0667. The smallest absolute Gasteiger partial charge is 0.277 e. The lowest BCUT2D eigenvalue weighted by Gasteiger charge is -2.06. The number of rotatable bonds is 5. The maximum absolute atomic E-state index is 12.9. The molecule has 0 spiro atoms. The molecule has 0 bridgehead atoms. The number of benzene rings is 2. The first-order valence-corrected chi connectivity index (χ1v) is 6.95. The van der Waals surface area contributed by atoms with E-state index in [2.05, 4.69) is 10.5 Å². The summed E-state index contributed by atoms with van der Waals surface area (Å²) < 4.78 is 18.2. The number of hydrazone groups is 1. The first kappa shape index (κ1) is 16.3. The van der Waals surface area contributed by atoms with Crippen molar-refractivity contribution < 1.29 is 13.9 Å². The summed E-state index contributed by atoms with van der Waals surface area (Å²) in [5.74, 6) is -0.509. The quantitative estimate of drug-likeness (QED) is 0.667. The second-order valence-electron chi connectivity index (χ2n) is 4.21. The van der Waals surface area contributed by atoms with Gasteiger partial charge in [0.2, 0.25) is 0 Å². The van der Waals surface area contributed by atoms with E-state index in [1.54, 1.807) is 24.3 Å². The molecular formula is C15H11Cl2FN2O2. The number of nitrogens with one attached hydrogen (secondary N) is 1. The number of amides is 1. The molecule has 0 saturated carbocycles. The molecule has 4 nitrogen and oxygen atoms in total. The minimum absolute atomic E-state index is 0.262. The fourth-order valence-electron chi connectivity index (χ4n) is 1.53. The number of nitrogens with zero attached hydrogens (tertiary/aromatic N) is 1. The normalized spacial score (nSPS) is 10.7. The van der Waals surface area contributed by atoms with Gasteiger partial charge in [-0.3, -0.25) is 4.79 Å². The van der Waals surface area contributed by atoms with Gasteiger partial charge in [0.1, 0.15) is 11.6 Å². The van der Waals surface area contributed by atoms with Gasteiger partial charge in [0, 0.05) is 5.02 Å². The van der Waals surface area contributed by atoms with Crippen LogP contribution in [0, 0.1) is 5.82 Å². The summed E-state index contributed by atoms with van der Waals surface area (Å²) in [7, 11) is 0. The predicted molar refractivity (Wildman–Crippen MR) is 84.1 cm³/mol. The molecule has 1 amide bonds. The minimum Gasteiger partial charge on any atom is -0.482 e. The van der Waals surface area contributed by atoms with Crippen molar-refractivity contribution in [1.29, 1.82) is 0 Å². The maximum Gasteiger partial charge on any atom is 0.277 e. The average Bonchev–Trinajstić information content (AvgIpc) is 2.46. The molecule has 22 heavy (non-hydrogen) atoms. The van der Waals surface area contributed by atoms with Crippen LogP contribution in [0.2, 0.25) is 10.0 Å². The van der Waals surface area contributed by atoms with E-state index in [-0.39, 0.29) is 12.4 Å². The van der Waals surface area contributed by atoms with Gasteiger partial charge in [0.05, 0.1) is 11.2 Å². The van der Waals surface area contributed by atoms with Gasteiger partial charge in [-0.2, -0.15) is 5.10 Å². The molecule has 1 N–H and O–H groups in total. The van der Waals surface area contributed by atoms with E-state index in [1.807, 2.05) is 0 Å². The van der Waals surface area contributed by atoms with Crippen LogP contribution in [-0.4, -0.2) is 18.7 Å². The molecule has 0 unspecified atom stereocenters. The SMILES string of the molecule is O=C(COc1ccc(Cl)cc1Cl)NN=Cc1cccc(F)c1. The highest BCUT2D eigenvalue weighted by Crippen LogP contribution is 2.27. The number of hydrogen-bond donors (Lipinski definition) is 1. The Labute approximate surface area is 136 Å². The number of halogens is 3. The maximum atomic E-state index is 12.9. The molecule has 0 aliphatic heterocycles. The lowest BCUT2D eigenvalue weighted by Crippen LogP contribution is -2.24. The monoisotopic (exact) mass is 340 g/mol. The predicted octanol–water partition coefficient (Wildman–Crippen LogP) is 3.66. The highest BCUT2D eigenvalue weighted by Gasteiger charge is 2.05. The zero-order valence-corrected chi connectivity index (χ0v) is 12.7. The number of ether oxygens (including phenoxy) is 1. The third-order valence-electron chi connectivity index (χ3n) is 2.50. The summed E-state index contributed by atoms with van der Waals surface area (Å²) in [4.78, 5) is 11.6. The molecule has 0 fully saturated rings. The fourth-order valence-corrected chi connectivity index (χ4v) is 2.00. The van der Waals surface area contributed by atoms with Crippen molar-refractivity contribution >= 4 is 35.3 Å². The third-order valence-corrected chi connectivity index (χ3v) is 3.03. The molecule has 0 aromatic heterocycles. The Kier molecular flexibility index (Phi) is 5.75. The Hall–Kier alpha value is -2.11. The molecule has 2 aromatic rings. The van der Waals surface area contributed by atoms with Crippen molar-refractivity contribution in [3.63, 3.8) is 0 Å². The van der Waals surface area contributed by atoms with Crippen LogP contribution in [-0.2, 0) is 4.79 Å². The minimum atomic E-state index is -0.473. The largest absolute Gasteiger partial charge is 0.482 e. The van der Waals surface area contributed by atoms with Gasteiger partial charge in [-0.25, -0.2) is 9.82 Å².